The van der Waals surface area contributed by atoms with Crippen molar-refractivity contribution in [1.82, 2.24) is 19.5 Å². The molecular formula is C26H24N4O2S2. The highest BCUT2D eigenvalue weighted by Gasteiger charge is 2.23. The normalized spacial score (nSPS) is 13.4. The Morgan fingerprint density at radius 1 is 1.09 bits per heavy atom. The molecule has 3 aromatic heterocycles. The molecule has 34 heavy (non-hydrogen) atoms. The first-order chi connectivity index (χ1) is 16.7. The van der Waals surface area contributed by atoms with Crippen LogP contribution >= 0.6 is 23.1 Å². The van der Waals surface area contributed by atoms with Gasteiger partial charge >= 0.3 is 0 Å². The minimum Gasteiger partial charge on any atom is -0.494 e. The van der Waals surface area contributed by atoms with Crippen molar-refractivity contribution in [2.75, 3.05) is 6.61 Å². The average molecular weight is 489 g/mol. The molecule has 0 unspecified atom stereocenters. The van der Waals surface area contributed by atoms with Gasteiger partial charge in [0.05, 0.1) is 34.5 Å². The fraction of sp³-hybridized carbons (Fsp3) is 0.269. The highest BCUT2D eigenvalue weighted by molar-refractivity contribution is 7.98. The summed E-state index contributed by atoms with van der Waals surface area (Å²) in [6.45, 7) is 2.56. The number of aromatic nitrogens is 4. The van der Waals surface area contributed by atoms with E-state index in [4.69, 9.17) is 14.7 Å². The third kappa shape index (κ3) is 3.80. The molecule has 0 amide bonds. The molecule has 1 N–H and O–H groups in total. The number of benzene rings is 2. The van der Waals surface area contributed by atoms with Gasteiger partial charge in [0.1, 0.15) is 16.4 Å². The lowest BCUT2D eigenvalue weighted by molar-refractivity contribution is 0.340. The van der Waals surface area contributed by atoms with Gasteiger partial charge in [-0.05, 0) is 74.6 Å². The monoisotopic (exact) mass is 488 g/mol. The van der Waals surface area contributed by atoms with Gasteiger partial charge in [0.15, 0.2) is 5.16 Å². The fourth-order valence-electron chi connectivity index (χ4n) is 4.58. The van der Waals surface area contributed by atoms with Gasteiger partial charge in [0.25, 0.3) is 5.56 Å². The molecule has 1 aliphatic carbocycles. The molecule has 0 radical (unpaired) electrons. The van der Waals surface area contributed by atoms with Crippen molar-refractivity contribution in [2.45, 2.75) is 43.5 Å². The summed E-state index contributed by atoms with van der Waals surface area (Å²) < 4.78 is 7.36. The summed E-state index contributed by atoms with van der Waals surface area (Å²) in [6.07, 6.45) is 4.31. The summed E-state index contributed by atoms with van der Waals surface area (Å²) in [6, 6.07) is 15.7. The fourth-order valence-corrected chi connectivity index (χ4v) is 6.76. The predicted octanol–water partition coefficient (Wildman–Crippen LogP) is 5.89. The van der Waals surface area contributed by atoms with Crippen molar-refractivity contribution in [3.8, 4) is 11.4 Å². The number of rotatable bonds is 6. The van der Waals surface area contributed by atoms with Crippen LogP contribution in [0.4, 0.5) is 0 Å². The van der Waals surface area contributed by atoms with E-state index in [0.717, 1.165) is 57.8 Å². The molecule has 0 bridgehead atoms. The molecule has 6 nitrogen and oxygen atoms in total. The average Bonchev–Trinajstić information content (AvgIpc) is 3.44. The SMILES string of the molecule is CCOc1ccc(-n2c(SCc3nc4ccccc4[nH]3)nc3sc4c(c3c2=O)CCCC4)cc1. The van der Waals surface area contributed by atoms with E-state index in [0.29, 0.717) is 17.5 Å². The maximum absolute atomic E-state index is 13.9. The number of thiophene rings is 1. The zero-order valence-electron chi connectivity index (χ0n) is 18.8. The number of imidazole rings is 1. The Hall–Kier alpha value is -3.10. The van der Waals surface area contributed by atoms with Crippen molar-refractivity contribution >= 4 is 44.3 Å². The second-order valence-electron chi connectivity index (χ2n) is 8.34. The first-order valence-corrected chi connectivity index (χ1v) is 13.4. The van der Waals surface area contributed by atoms with E-state index in [1.54, 1.807) is 15.9 Å². The van der Waals surface area contributed by atoms with E-state index in [1.165, 1.54) is 28.6 Å². The molecule has 8 heteroatoms. The van der Waals surface area contributed by atoms with Gasteiger partial charge in [0.2, 0.25) is 0 Å². The molecule has 3 heterocycles. The van der Waals surface area contributed by atoms with Crippen molar-refractivity contribution in [3.63, 3.8) is 0 Å². The lowest BCUT2D eigenvalue weighted by Crippen LogP contribution is -2.22. The van der Waals surface area contributed by atoms with Crippen molar-refractivity contribution in [1.29, 1.82) is 0 Å². The van der Waals surface area contributed by atoms with Gasteiger partial charge in [-0.15, -0.1) is 11.3 Å². The largest absolute Gasteiger partial charge is 0.494 e. The molecule has 2 aromatic carbocycles. The molecule has 172 valence electrons. The lowest BCUT2D eigenvalue weighted by atomic mass is 9.97. The predicted molar refractivity (Wildman–Crippen MR) is 139 cm³/mol. The van der Waals surface area contributed by atoms with Crippen LogP contribution in [0.15, 0.2) is 58.5 Å². The third-order valence-electron chi connectivity index (χ3n) is 6.14. The van der Waals surface area contributed by atoms with E-state index in [2.05, 4.69) is 4.98 Å². The number of para-hydroxylation sites is 2. The summed E-state index contributed by atoms with van der Waals surface area (Å²) in [5, 5.41) is 1.47. The van der Waals surface area contributed by atoms with Gasteiger partial charge < -0.3 is 9.72 Å². The Bertz CT molecular complexity index is 1520. The van der Waals surface area contributed by atoms with Gasteiger partial charge in [-0.3, -0.25) is 9.36 Å². The number of ether oxygens (including phenoxy) is 1. The minimum absolute atomic E-state index is 0.0145. The number of hydrogen-bond donors (Lipinski definition) is 1. The van der Waals surface area contributed by atoms with E-state index in [9.17, 15) is 4.79 Å². The first kappa shape index (κ1) is 21.4. The van der Waals surface area contributed by atoms with Crippen molar-refractivity contribution in [2.24, 2.45) is 0 Å². The van der Waals surface area contributed by atoms with Gasteiger partial charge in [0, 0.05) is 4.88 Å². The zero-order valence-corrected chi connectivity index (χ0v) is 20.5. The van der Waals surface area contributed by atoms with Gasteiger partial charge in [-0.25, -0.2) is 9.97 Å². The second-order valence-corrected chi connectivity index (χ2v) is 10.4. The van der Waals surface area contributed by atoms with E-state index >= 15 is 0 Å². The van der Waals surface area contributed by atoms with Crippen LogP contribution in [0.5, 0.6) is 5.75 Å². The summed E-state index contributed by atoms with van der Waals surface area (Å²) in [5.74, 6) is 2.25. The highest BCUT2D eigenvalue weighted by Crippen LogP contribution is 2.35. The number of H-pyrrole nitrogens is 1. The summed E-state index contributed by atoms with van der Waals surface area (Å²) in [7, 11) is 0. The molecule has 0 atom stereocenters. The molecule has 0 saturated carbocycles. The van der Waals surface area contributed by atoms with Crippen LogP contribution in [0.1, 0.15) is 36.0 Å². The smallest absolute Gasteiger partial charge is 0.267 e. The Labute approximate surface area is 205 Å². The van der Waals surface area contributed by atoms with E-state index in [-0.39, 0.29) is 5.56 Å². The zero-order chi connectivity index (χ0) is 23.1. The maximum atomic E-state index is 13.9. The second kappa shape index (κ2) is 8.92. The van der Waals surface area contributed by atoms with Crippen molar-refractivity contribution in [3.05, 3.63) is 75.1 Å². The molecule has 5 aromatic rings. The number of nitrogens with one attached hydrogen (secondary N) is 1. The number of fused-ring (bicyclic) bond motifs is 4. The third-order valence-corrected chi connectivity index (χ3v) is 8.28. The summed E-state index contributed by atoms with van der Waals surface area (Å²) >= 11 is 3.22. The number of thioether (sulfide) groups is 1. The van der Waals surface area contributed by atoms with Crippen LogP contribution in [0, 0.1) is 0 Å². The topological polar surface area (TPSA) is 72.8 Å². The van der Waals surface area contributed by atoms with Crippen LogP contribution in [0.2, 0.25) is 0 Å². The summed E-state index contributed by atoms with van der Waals surface area (Å²) in [5.41, 5.74) is 3.97. The molecule has 0 fully saturated rings. The Morgan fingerprint density at radius 2 is 1.91 bits per heavy atom. The Balaban J connectivity index is 1.45. The maximum Gasteiger partial charge on any atom is 0.267 e. The summed E-state index contributed by atoms with van der Waals surface area (Å²) in [4.78, 5) is 29.2. The van der Waals surface area contributed by atoms with Crippen molar-refractivity contribution < 1.29 is 4.74 Å². The molecule has 6 rings (SSSR count). The first-order valence-electron chi connectivity index (χ1n) is 11.6. The number of aryl methyl sites for hydroxylation is 2. The number of hydrogen-bond acceptors (Lipinski definition) is 6. The van der Waals surface area contributed by atoms with Crippen LogP contribution in [-0.2, 0) is 18.6 Å². The van der Waals surface area contributed by atoms with Crippen LogP contribution in [-0.4, -0.2) is 26.1 Å². The number of nitrogens with zero attached hydrogens (tertiary/aromatic N) is 3. The highest BCUT2D eigenvalue weighted by atomic mass is 32.2. The quantitative estimate of drug-likeness (QED) is 0.238. The van der Waals surface area contributed by atoms with E-state index in [1.807, 2.05) is 55.5 Å². The lowest BCUT2D eigenvalue weighted by Gasteiger charge is -2.14. The van der Waals surface area contributed by atoms with Crippen LogP contribution in [0.25, 0.3) is 26.9 Å². The molecular weight excluding hydrogens is 464 g/mol. The molecule has 0 spiro atoms. The van der Waals surface area contributed by atoms with E-state index < -0.39 is 0 Å². The molecule has 1 aliphatic rings. The Morgan fingerprint density at radius 3 is 2.74 bits per heavy atom. The van der Waals surface area contributed by atoms with Crippen LogP contribution in [0.3, 0.4) is 0 Å². The minimum atomic E-state index is 0.0145. The molecule has 0 saturated heterocycles. The van der Waals surface area contributed by atoms with Gasteiger partial charge in [-0.1, -0.05) is 23.9 Å². The van der Waals surface area contributed by atoms with Crippen LogP contribution < -0.4 is 10.3 Å². The standard InChI is InChI=1S/C26H24N4O2S2/c1-2-32-17-13-11-16(12-14-17)30-25(31)23-18-7-3-6-10-21(18)34-24(23)29-26(30)33-15-22-27-19-8-4-5-9-20(19)28-22/h4-5,8-9,11-14H,2-3,6-7,10,15H2,1H3,(H,27,28). The number of aromatic amines is 1. The molecule has 0 aliphatic heterocycles. The van der Waals surface area contributed by atoms with Gasteiger partial charge in [-0.2, -0.15) is 0 Å². The Kier molecular flexibility index (Phi) is 5.63.